The van der Waals surface area contributed by atoms with Gasteiger partial charge in [-0.25, -0.2) is 0 Å². The highest BCUT2D eigenvalue weighted by molar-refractivity contribution is 7.99. The van der Waals surface area contributed by atoms with E-state index in [0.717, 1.165) is 22.1 Å². The van der Waals surface area contributed by atoms with Crippen LogP contribution in [0.4, 0.5) is 5.69 Å². The number of fused-ring (bicyclic) bond motifs is 3. The zero-order valence-electron chi connectivity index (χ0n) is 19.8. The first-order chi connectivity index (χ1) is 16.3. The fourth-order valence-electron chi connectivity index (χ4n) is 4.64. The van der Waals surface area contributed by atoms with Crippen LogP contribution in [0.3, 0.4) is 0 Å². The first-order valence-corrected chi connectivity index (χ1v) is 12.5. The summed E-state index contributed by atoms with van der Waals surface area (Å²) in [6.45, 7) is 8.38. The van der Waals surface area contributed by atoms with Crippen molar-refractivity contribution < 1.29 is 9.31 Å². The summed E-state index contributed by atoms with van der Waals surface area (Å²) in [6, 6.07) is 27.7. The van der Waals surface area contributed by atoms with Crippen LogP contribution in [-0.2, 0) is 9.31 Å². The largest absolute Gasteiger partial charge is 0.495 e. The smallest absolute Gasteiger partial charge is 0.399 e. The van der Waals surface area contributed by atoms with Gasteiger partial charge in [0.15, 0.2) is 0 Å². The van der Waals surface area contributed by atoms with E-state index in [-0.39, 0.29) is 11.2 Å². The molecule has 0 bridgehead atoms. The van der Waals surface area contributed by atoms with Gasteiger partial charge in [-0.3, -0.25) is 4.99 Å². The van der Waals surface area contributed by atoms with Crippen molar-refractivity contribution in [2.75, 3.05) is 0 Å². The van der Waals surface area contributed by atoms with Crippen LogP contribution in [-0.4, -0.2) is 24.5 Å². The number of hydrogen-bond donors (Lipinski definition) is 0. The molecule has 0 amide bonds. The number of benzene rings is 4. The predicted octanol–water partition coefficient (Wildman–Crippen LogP) is 7.02. The number of rotatable bonds is 2. The van der Waals surface area contributed by atoms with Crippen molar-refractivity contribution >= 4 is 47.0 Å². The topological polar surface area (TPSA) is 30.8 Å². The van der Waals surface area contributed by atoms with Crippen molar-refractivity contribution in [1.82, 2.24) is 0 Å². The summed E-state index contributed by atoms with van der Waals surface area (Å²) in [6.07, 6.45) is 2.01. The molecule has 4 aromatic rings. The van der Waals surface area contributed by atoms with Crippen LogP contribution in [0.2, 0.25) is 0 Å². The summed E-state index contributed by atoms with van der Waals surface area (Å²) in [4.78, 5) is 7.21. The van der Waals surface area contributed by atoms with E-state index < -0.39 is 7.12 Å². The first-order valence-electron chi connectivity index (χ1n) is 11.7. The Labute approximate surface area is 205 Å². The summed E-state index contributed by atoms with van der Waals surface area (Å²) in [5.74, 6) is 0. The van der Waals surface area contributed by atoms with Gasteiger partial charge < -0.3 is 9.31 Å². The van der Waals surface area contributed by atoms with Crippen molar-refractivity contribution in [2.45, 2.75) is 48.7 Å². The van der Waals surface area contributed by atoms with Crippen molar-refractivity contribution in [3.8, 4) is 11.1 Å². The first kappa shape index (κ1) is 21.7. The second-order valence-corrected chi connectivity index (χ2v) is 11.0. The van der Waals surface area contributed by atoms with Crippen LogP contribution in [0, 0.1) is 0 Å². The van der Waals surface area contributed by atoms with Crippen molar-refractivity contribution in [3.05, 3.63) is 84.4 Å². The molecule has 0 radical (unpaired) electrons. The van der Waals surface area contributed by atoms with Crippen molar-refractivity contribution in [3.63, 3.8) is 0 Å². The Hall–Kier alpha value is -2.86. The van der Waals surface area contributed by atoms with E-state index in [1.165, 1.54) is 26.3 Å². The quantitative estimate of drug-likeness (QED) is 0.264. The highest BCUT2D eigenvalue weighted by Crippen LogP contribution is 2.43. The minimum absolute atomic E-state index is 0.378. The Morgan fingerprint density at radius 1 is 0.676 bits per heavy atom. The van der Waals surface area contributed by atoms with E-state index in [0.29, 0.717) is 0 Å². The summed E-state index contributed by atoms with van der Waals surface area (Å²) < 4.78 is 12.8. The molecule has 1 saturated heterocycles. The summed E-state index contributed by atoms with van der Waals surface area (Å²) in [7, 11) is -0.400. The molecule has 0 spiro atoms. The van der Waals surface area contributed by atoms with Gasteiger partial charge >= 0.3 is 7.12 Å². The van der Waals surface area contributed by atoms with Crippen LogP contribution >= 0.6 is 11.8 Å². The highest BCUT2D eigenvalue weighted by atomic mass is 32.2. The predicted molar refractivity (Wildman–Crippen MR) is 143 cm³/mol. The molecule has 0 aromatic heterocycles. The van der Waals surface area contributed by atoms with Gasteiger partial charge in [0.05, 0.1) is 16.9 Å². The monoisotopic (exact) mass is 463 g/mol. The van der Waals surface area contributed by atoms with E-state index in [4.69, 9.17) is 14.3 Å². The third-order valence-electron chi connectivity index (χ3n) is 7.24. The molecule has 34 heavy (non-hydrogen) atoms. The third kappa shape index (κ3) is 3.42. The lowest BCUT2D eigenvalue weighted by molar-refractivity contribution is 0.00578. The molecule has 0 unspecified atom stereocenters. The van der Waals surface area contributed by atoms with Crippen LogP contribution in [0.5, 0.6) is 0 Å². The molecule has 2 aliphatic rings. The van der Waals surface area contributed by atoms with E-state index >= 15 is 0 Å². The Morgan fingerprint density at radius 3 is 2.15 bits per heavy atom. The van der Waals surface area contributed by atoms with Gasteiger partial charge in [0.2, 0.25) is 0 Å². The maximum absolute atomic E-state index is 6.40. The SMILES string of the molecule is CC1(C)OB(c2ccc(-c3cccc4c3C=Nc3ccccc3S4)c3ccccc23)OC1(C)C. The number of para-hydroxylation sites is 1. The second kappa shape index (κ2) is 7.84. The Balaban J connectivity index is 1.50. The summed E-state index contributed by atoms with van der Waals surface area (Å²) in [5.41, 5.74) is 4.83. The fourth-order valence-corrected chi connectivity index (χ4v) is 5.66. The van der Waals surface area contributed by atoms with Gasteiger partial charge in [-0.1, -0.05) is 72.4 Å². The Morgan fingerprint density at radius 2 is 1.35 bits per heavy atom. The molecule has 2 aliphatic heterocycles. The van der Waals surface area contributed by atoms with Crippen LogP contribution in [0.1, 0.15) is 33.3 Å². The molecule has 4 aromatic carbocycles. The minimum Gasteiger partial charge on any atom is -0.399 e. The number of nitrogens with zero attached hydrogens (tertiary/aromatic N) is 1. The normalized spacial score (nSPS) is 17.9. The van der Waals surface area contributed by atoms with E-state index in [9.17, 15) is 0 Å². The molecule has 168 valence electrons. The fraction of sp³-hybridized carbons (Fsp3) is 0.207. The third-order valence-corrected chi connectivity index (χ3v) is 8.38. The molecule has 6 rings (SSSR count). The standard InChI is InChI=1S/C29H26BNO2S/c1-28(2)29(3,4)33-30(32-28)24-17-16-21(19-10-5-6-11-22(19)24)20-12-9-15-26-23(20)18-31-25-13-7-8-14-27(25)34-26/h5-18H,1-4H3. The van der Waals surface area contributed by atoms with Gasteiger partial charge in [-0.05, 0) is 73.3 Å². The van der Waals surface area contributed by atoms with E-state index in [1.807, 2.05) is 12.3 Å². The zero-order chi connectivity index (χ0) is 23.5. The minimum atomic E-state index is -0.400. The lowest BCUT2D eigenvalue weighted by atomic mass is 9.75. The van der Waals surface area contributed by atoms with Gasteiger partial charge in [0.25, 0.3) is 0 Å². The van der Waals surface area contributed by atoms with Crippen LogP contribution < -0.4 is 5.46 Å². The molecule has 5 heteroatoms. The molecule has 0 N–H and O–H groups in total. The molecular weight excluding hydrogens is 437 g/mol. The number of hydrogen-bond acceptors (Lipinski definition) is 4. The molecular formula is C29H26BNO2S. The molecule has 3 nitrogen and oxygen atoms in total. The molecule has 0 aliphatic carbocycles. The van der Waals surface area contributed by atoms with Crippen LogP contribution in [0.25, 0.3) is 21.9 Å². The summed E-state index contributed by atoms with van der Waals surface area (Å²) >= 11 is 1.78. The van der Waals surface area contributed by atoms with Gasteiger partial charge in [0.1, 0.15) is 0 Å². The number of aliphatic imine (C=N–C) groups is 1. The highest BCUT2D eigenvalue weighted by Gasteiger charge is 2.52. The maximum atomic E-state index is 6.40. The zero-order valence-corrected chi connectivity index (χ0v) is 20.6. The van der Waals surface area contributed by atoms with Crippen molar-refractivity contribution in [1.29, 1.82) is 0 Å². The Kier molecular flexibility index (Phi) is 5.00. The average Bonchev–Trinajstić information content (AvgIpc) is 2.95. The lowest BCUT2D eigenvalue weighted by Crippen LogP contribution is -2.41. The molecule has 2 heterocycles. The summed E-state index contributed by atoms with van der Waals surface area (Å²) in [5, 5.41) is 2.33. The average molecular weight is 463 g/mol. The van der Waals surface area contributed by atoms with Crippen molar-refractivity contribution in [2.24, 2.45) is 4.99 Å². The van der Waals surface area contributed by atoms with E-state index in [2.05, 4.69) is 100 Å². The van der Waals surface area contributed by atoms with Gasteiger partial charge in [-0.15, -0.1) is 0 Å². The molecule has 1 fully saturated rings. The van der Waals surface area contributed by atoms with Gasteiger partial charge in [0, 0.05) is 21.6 Å². The molecule has 0 saturated carbocycles. The second-order valence-electron chi connectivity index (χ2n) is 9.88. The maximum Gasteiger partial charge on any atom is 0.495 e. The molecule has 0 atom stereocenters. The van der Waals surface area contributed by atoms with E-state index in [1.54, 1.807) is 11.8 Å². The van der Waals surface area contributed by atoms with Gasteiger partial charge in [-0.2, -0.15) is 0 Å². The Bertz CT molecular complexity index is 1440. The van der Waals surface area contributed by atoms with Crippen LogP contribution in [0.15, 0.2) is 93.6 Å². The lowest BCUT2D eigenvalue weighted by Gasteiger charge is -2.32.